The van der Waals surface area contributed by atoms with Crippen molar-refractivity contribution in [1.82, 2.24) is 15.6 Å². The Morgan fingerprint density at radius 2 is 1.76 bits per heavy atom. The van der Waals surface area contributed by atoms with E-state index < -0.39 is 0 Å². The van der Waals surface area contributed by atoms with Crippen molar-refractivity contribution in [2.75, 3.05) is 13.1 Å². The molecule has 1 heterocycles. The molecule has 0 unspecified atom stereocenters. The average molecular weight is 339 g/mol. The van der Waals surface area contributed by atoms with Crippen LogP contribution in [0.3, 0.4) is 0 Å². The highest BCUT2D eigenvalue weighted by atomic mass is 19.1. The summed E-state index contributed by atoms with van der Waals surface area (Å²) >= 11 is 0. The Morgan fingerprint density at radius 1 is 1.04 bits per heavy atom. The van der Waals surface area contributed by atoms with Gasteiger partial charge in [-0.25, -0.2) is 4.39 Å². The zero-order chi connectivity index (χ0) is 17.8. The number of fused-ring (bicyclic) bond motifs is 1. The lowest BCUT2D eigenvalue weighted by Gasteiger charge is -2.06. The van der Waals surface area contributed by atoms with Crippen molar-refractivity contribution in [2.45, 2.75) is 6.92 Å². The summed E-state index contributed by atoms with van der Waals surface area (Å²) in [5, 5.41) is 6.28. The van der Waals surface area contributed by atoms with Crippen LogP contribution in [0, 0.1) is 5.82 Å². The molecule has 1 aromatic heterocycles. The molecule has 2 amide bonds. The summed E-state index contributed by atoms with van der Waals surface area (Å²) in [6, 6.07) is 11.8. The summed E-state index contributed by atoms with van der Waals surface area (Å²) < 4.78 is 13.3. The predicted molar refractivity (Wildman–Crippen MR) is 94.7 cm³/mol. The number of carbonyl (C=O) groups is 2. The van der Waals surface area contributed by atoms with E-state index in [1.165, 1.54) is 19.1 Å². The average Bonchev–Trinajstić information content (AvgIpc) is 3.01. The second-order valence-electron chi connectivity index (χ2n) is 5.71. The highest BCUT2D eigenvalue weighted by molar-refractivity contribution is 5.97. The molecule has 0 saturated heterocycles. The van der Waals surface area contributed by atoms with Crippen molar-refractivity contribution in [3.63, 3.8) is 0 Å². The first kappa shape index (κ1) is 16.7. The van der Waals surface area contributed by atoms with E-state index in [1.54, 1.807) is 18.2 Å². The molecule has 128 valence electrons. The Kier molecular flexibility index (Phi) is 4.79. The van der Waals surface area contributed by atoms with Crippen molar-refractivity contribution in [1.29, 1.82) is 0 Å². The predicted octanol–water partition coefficient (Wildman–Crippen LogP) is 2.84. The van der Waals surface area contributed by atoms with Crippen LogP contribution in [0.5, 0.6) is 0 Å². The molecule has 2 aromatic carbocycles. The van der Waals surface area contributed by atoms with Gasteiger partial charge in [-0.1, -0.05) is 12.1 Å². The zero-order valence-corrected chi connectivity index (χ0v) is 13.7. The molecule has 0 radical (unpaired) electrons. The summed E-state index contributed by atoms with van der Waals surface area (Å²) in [5.41, 5.74) is 3.16. The number of halogens is 1. The van der Waals surface area contributed by atoms with E-state index >= 15 is 0 Å². The molecular formula is C19H18FN3O2. The minimum absolute atomic E-state index is 0.128. The second-order valence-corrected chi connectivity index (χ2v) is 5.71. The van der Waals surface area contributed by atoms with Crippen molar-refractivity contribution in [3.05, 3.63) is 60.0 Å². The summed E-state index contributed by atoms with van der Waals surface area (Å²) in [6.45, 7) is 2.19. The van der Waals surface area contributed by atoms with Crippen LogP contribution in [0.25, 0.3) is 22.0 Å². The minimum Gasteiger partial charge on any atom is -0.360 e. The summed E-state index contributed by atoms with van der Waals surface area (Å²) in [7, 11) is 0. The molecular weight excluding hydrogens is 321 g/mol. The van der Waals surface area contributed by atoms with Gasteiger partial charge in [0.2, 0.25) is 5.91 Å². The Morgan fingerprint density at radius 3 is 2.48 bits per heavy atom. The third-order valence-electron chi connectivity index (χ3n) is 3.89. The largest absolute Gasteiger partial charge is 0.360 e. The van der Waals surface area contributed by atoms with Gasteiger partial charge < -0.3 is 15.6 Å². The second kappa shape index (κ2) is 7.17. The maximum absolute atomic E-state index is 13.3. The standard InChI is InChI=1S/C19H18FN3O2/c1-12(24)21-8-9-22-19(25)14-4-2-13(3-5-14)17-11-23-18-10-15(20)6-7-16(17)18/h2-7,10-11,23H,8-9H2,1H3,(H,21,24)(H,22,25). The smallest absolute Gasteiger partial charge is 0.251 e. The number of benzene rings is 2. The molecule has 0 aliphatic heterocycles. The third-order valence-corrected chi connectivity index (χ3v) is 3.89. The van der Waals surface area contributed by atoms with Crippen molar-refractivity contribution in [3.8, 4) is 11.1 Å². The summed E-state index contributed by atoms with van der Waals surface area (Å²) in [5.74, 6) is -0.609. The first-order chi connectivity index (χ1) is 12.0. The highest BCUT2D eigenvalue weighted by Crippen LogP contribution is 2.29. The van der Waals surface area contributed by atoms with E-state index in [9.17, 15) is 14.0 Å². The van der Waals surface area contributed by atoms with Gasteiger partial charge in [0.1, 0.15) is 5.82 Å². The number of hydrogen-bond acceptors (Lipinski definition) is 2. The van der Waals surface area contributed by atoms with E-state index in [2.05, 4.69) is 15.6 Å². The van der Waals surface area contributed by atoms with Crippen LogP contribution in [0.4, 0.5) is 4.39 Å². The number of hydrogen-bond donors (Lipinski definition) is 3. The maximum Gasteiger partial charge on any atom is 0.251 e. The number of H-pyrrole nitrogens is 1. The molecule has 0 fully saturated rings. The Labute approximate surface area is 144 Å². The lowest BCUT2D eigenvalue weighted by molar-refractivity contribution is -0.118. The lowest BCUT2D eigenvalue weighted by Crippen LogP contribution is -2.33. The first-order valence-corrected chi connectivity index (χ1v) is 7.94. The third kappa shape index (κ3) is 3.85. The van der Waals surface area contributed by atoms with Crippen LogP contribution in [-0.4, -0.2) is 29.9 Å². The van der Waals surface area contributed by atoms with E-state index in [4.69, 9.17) is 0 Å². The minimum atomic E-state index is -0.285. The Bertz CT molecular complexity index is 916. The Balaban J connectivity index is 1.71. The molecule has 0 aliphatic rings. The quantitative estimate of drug-likeness (QED) is 0.625. The zero-order valence-electron chi connectivity index (χ0n) is 13.7. The monoisotopic (exact) mass is 339 g/mol. The van der Waals surface area contributed by atoms with E-state index in [-0.39, 0.29) is 17.6 Å². The van der Waals surface area contributed by atoms with Crippen LogP contribution < -0.4 is 10.6 Å². The number of carbonyl (C=O) groups excluding carboxylic acids is 2. The van der Waals surface area contributed by atoms with Gasteiger partial charge in [0.25, 0.3) is 5.91 Å². The molecule has 3 aromatic rings. The normalized spacial score (nSPS) is 10.6. The van der Waals surface area contributed by atoms with Crippen molar-refractivity contribution < 1.29 is 14.0 Å². The number of amides is 2. The maximum atomic E-state index is 13.3. The van der Waals surface area contributed by atoms with Gasteiger partial charge in [-0.2, -0.15) is 0 Å². The van der Waals surface area contributed by atoms with Gasteiger partial charge in [0, 0.05) is 48.2 Å². The number of aromatic amines is 1. The molecule has 6 heteroatoms. The number of rotatable bonds is 5. The van der Waals surface area contributed by atoms with Gasteiger partial charge in [-0.15, -0.1) is 0 Å². The van der Waals surface area contributed by atoms with Crippen molar-refractivity contribution in [2.24, 2.45) is 0 Å². The Hall–Kier alpha value is -3.15. The first-order valence-electron chi connectivity index (χ1n) is 7.94. The molecule has 0 saturated carbocycles. The highest BCUT2D eigenvalue weighted by Gasteiger charge is 2.09. The molecule has 0 atom stereocenters. The summed E-state index contributed by atoms with van der Waals surface area (Å²) in [6.07, 6.45) is 1.83. The SMILES string of the molecule is CC(=O)NCCNC(=O)c1ccc(-c2c[nH]c3cc(F)ccc23)cc1. The molecule has 5 nitrogen and oxygen atoms in total. The molecule has 0 bridgehead atoms. The fraction of sp³-hybridized carbons (Fsp3) is 0.158. The van der Waals surface area contributed by atoms with Gasteiger partial charge in [0.15, 0.2) is 0 Å². The van der Waals surface area contributed by atoms with Crippen LogP contribution in [0.15, 0.2) is 48.7 Å². The van der Waals surface area contributed by atoms with Crippen LogP contribution >= 0.6 is 0 Å². The molecule has 0 spiro atoms. The van der Waals surface area contributed by atoms with Gasteiger partial charge >= 0.3 is 0 Å². The molecule has 25 heavy (non-hydrogen) atoms. The van der Waals surface area contributed by atoms with Crippen molar-refractivity contribution >= 4 is 22.7 Å². The fourth-order valence-corrected chi connectivity index (χ4v) is 2.66. The topological polar surface area (TPSA) is 74.0 Å². The summed E-state index contributed by atoms with van der Waals surface area (Å²) in [4.78, 5) is 25.9. The molecule has 3 rings (SSSR count). The van der Waals surface area contributed by atoms with Crippen LogP contribution in [0.1, 0.15) is 17.3 Å². The fourth-order valence-electron chi connectivity index (χ4n) is 2.66. The number of aromatic nitrogens is 1. The van der Waals surface area contributed by atoms with Gasteiger partial charge in [0.05, 0.1) is 0 Å². The molecule has 0 aliphatic carbocycles. The van der Waals surface area contributed by atoms with Gasteiger partial charge in [-0.05, 0) is 35.9 Å². The van der Waals surface area contributed by atoms with Crippen LogP contribution in [0.2, 0.25) is 0 Å². The molecule has 3 N–H and O–H groups in total. The van der Waals surface area contributed by atoms with E-state index in [0.717, 1.165) is 22.0 Å². The number of nitrogens with one attached hydrogen (secondary N) is 3. The van der Waals surface area contributed by atoms with E-state index in [1.807, 2.05) is 18.3 Å². The van der Waals surface area contributed by atoms with Gasteiger partial charge in [-0.3, -0.25) is 9.59 Å². The van der Waals surface area contributed by atoms with Crippen LogP contribution in [-0.2, 0) is 4.79 Å². The van der Waals surface area contributed by atoms with E-state index in [0.29, 0.717) is 18.7 Å². The lowest BCUT2D eigenvalue weighted by atomic mass is 10.0.